The van der Waals surface area contributed by atoms with Crippen molar-refractivity contribution in [2.75, 3.05) is 6.54 Å². The predicted molar refractivity (Wildman–Crippen MR) is 84.2 cm³/mol. The molecule has 2 heterocycles. The second-order valence-electron chi connectivity index (χ2n) is 5.51. The van der Waals surface area contributed by atoms with Crippen molar-refractivity contribution in [3.8, 4) is 10.7 Å². The number of aromatic nitrogens is 2. The molecular weight excluding hydrogens is 266 g/mol. The summed E-state index contributed by atoms with van der Waals surface area (Å²) in [6.07, 6.45) is 5.56. The molecule has 1 aliphatic rings. The lowest BCUT2D eigenvalue weighted by Crippen LogP contribution is -2.24. The average Bonchev–Trinajstić information content (AvgIpc) is 2.83. The molecule has 0 bridgehead atoms. The van der Waals surface area contributed by atoms with E-state index in [9.17, 15) is 0 Å². The first-order chi connectivity index (χ1) is 9.69. The highest BCUT2D eigenvalue weighted by Crippen LogP contribution is 2.37. The van der Waals surface area contributed by atoms with Crippen molar-refractivity contribution in [1.29, 1.82) is 0 Å². The average molecular weight is 287 g/mol. The fourth-order valence-corrected chi connectivity index (χ4v) is 4.13. The van der Waals surface area contributed by atoms with Crippen LogP contribution < -0.4 is 5.32 Å². The van der Waals surface area contributed by atoms with Gasteiger partial charge in [-0.3, -0.25) is 4.98 Å². The number of fused-ring (bicyclic) bond motifs is 1. The second kappa shape index (κ2) is 5.62. The van der Waals surface area contributed by atoms with E-state index in [1.54, 1.807) is 0 Å². The summed E-state index contributed by atoms with van der Waals surface area (Å²) in [6, 6.07) is 2.62. The first-order valence-corrected chi connectivity index (χ1v) is 8.17. The fraction of sp³-hybridized carbons (Fsp3) is 0.500. The molecule has 1 aliphatic carbocycles. The van der Waals surface area contributed by atoms with Crippen LogP contribution in [0.1, 0.15) is 47.5 Å². The van der Waals surface area contributed by atoms with Crippen LogP contribution in [0, 0.1) is 13.8 Å². The molecule has 20 heavy (non-hydrogen) atoms. The molecule has 4 heteroatoms. The predicted octanol–water partition coefficient (Wildman–Crippen LogP) is 3.81. The van der Waals surface area contributed by atoms with Crippen molar-refractivity contribution in [1.82, 2.24) is 15.3 Å². The Balaban J connectivity index is 2.00. The van der Waals surface area contributed by atoms with E-state index < -0.39 is 0 Å². The van der Waals surface area contributed by atoms with Crippen LogP contribution in [0.15, 0.2) is 12.3 Å². The van der Waals surface area contributed by atoms with Gasteiger partial charge in [-0.1, -0.05) is 13.0 Å². The molecule has 106 valence electrons. The van der Waals surface area contributed by atoms with Gasteiger partial charge in [-0.05, 0) is 50.8 Å². The maximum absolute atomic E-state index is 4.91. The number of nitrogens with zero attached hydrogens (tertiary/aromatic N) is 2. The zero-order valence-corrected chi connectivity index (χ0v) is 13.2. The molecule has 3 nitrogen and oxygen atoms in total. The monoisotopic (exact) mass is 287 g/mol. The van der Waals surface area contributed by atoms with Crippen molar-refractivity contribution in [3.05, 3.63) is 34.0 Å². The molecule has 0 aliphatic heterocycles. The van der Waals surface area contributed by atoms with Gasteiger partial charge in [-0.25, -0.2) is 4.98 Å². The van der Waals surface area contributed by atoms with Crippen molar-refractivity contribution in [3.63, 3.8) is 0 Å². The summed E-state index contributed by atoms with van der Waals surface area (Å²) in [4.78, 5) is 10.9. The van der Waals surface area contributed by atoms with Gasteiger partial charge in [-0.2, -0.15) is 0 Å². The molecule has 0 radical (unpaired) electrons. The quantitative estimate of drug-likeness (QED) is 0.933. The van der Waals surface area contributed by atoms with Gasteiger partial charge < -0.3 is 5.32 Å². The highest BCUT2D eigenvalue weighted by molar-refractivity contribution is 7.15. The van der Waals surface area contributed by atoms with Gasteiger partial charge in [0.1, 0.15) is 10.7 Å². The van der Waals surface area contributed by atoms with Crippen LogP contribution in [-0.2, 0) is 6.42 Å². The maximum Gasteiger partial charge on any atom is 0.142 e. The number of rotatable bonds is 3. The van der Waals surface area contributed by atoms with E-state index in [1.807, 2.05) is 17.5 Å². The van der Waals surface area contributed by atoms with Crippen LogP contribution in [0.5, 0.6) is 0 Å². The molecular formula is C16H21N3S. The summed E-state index contributed by atoms with van der Waals surface area (Å²) in [6.45, 7) is 7.36. The van der Waals surface area contributed by atoms with Crippen LogP contribution in [-0.4, -0.2) is 16.5 Å². The lowest BCUT2D eigenvalue weighted by molar-refractivity contribution is 0.465. The Hall–Kier alpha value is -1.26. The summed E-state index contributed by atoms with van der Waals surface area (Å²) in [7, 11) is 0. The standard InChI is InChI=1S/C16H21N3S/c1-4-17-12-6-5-7-13-15(12)19-16(20-13)14-11(3)8-10(2)9-18-14/h8-9,12,17H,4-7H2,1-3H3. The Morgan fingerprint density at radius 1 is 1.40 bits per heavy atom. The molecule has 0 spiro atoms. The van der Waals surface area contributed by atoms with E-state index in [1.165, 1.54) is 41.0 Å². The van der Waals surface area contributed by atoms with Crippen LogP contribution >= 0.6 is 11.3 Å². The first kappa shape index (κ1) is 13.7. The SMILES string of the molecule is CCNC1CCCc2sc(-c3ncc(C)cc3C)nc21. The molecule has 0 aromatic carbocycles. The van der Waals surface area contributed by atoms with Crippen LogP contribution in [0.3, 0.4) is 0 Å². The third-order valence-corrected chi connectivity index (χ3v) is 4.96. The maximum atomic E-state index is 4.91. The van der Waals surface area contributed by atoms with Gasteiger partial charge in [-0.15, -0.1) is 11.3 Å². The lowest BCUT2D eigenvalue weighted by Gasteiger charge is -2.21. The van der Waals surface area contributed by atoms with Gasteiger partial charge in [0.15, 0.2) is 0 Å². The largest absolute Gasteiger partial charge is 0.309 e. The van der Waals surface area contributed by atoms with E-state index in [2.05, 4.69) is 37.1 Å². The molecule has 2 aromatic heterocycles. The minimum Gasteiger partial charge on any atom is -0.309 e. The molecule has 1 atom stereocenters. The van der Waals surface area contributed by atoms with Crippen molar-refractivity contribution in [2.45, 2.75) is 46.1 Å². The van der Waals surface area contributed by atoms with Crippen LogP contribution in [0.25, 0.3) is 10.7 Å². The van der Waals surface area contributed by atoms with E-state index in [4.69, 9.17) is 4.98 Å². The highest BCUT2D eigenvalue weighted by atomic mass is 32.1. The molecule has 0 saturated carbocycles. The topological polar surface area (TPSA) is 37.8 Å². The first-order valence-electron chi connectivity index (χ1n) is 7.35. The Morgan fingerprint density at radius 3 is 3.00 bits per heavy atom. The van der Waals surface area contributed by atoms with Gasteiger partial charge >= 0.3 is 0 Å². The number of aryl methyl sites for hydroxylation is 3. The van der Waals surface area contributed by atoms with E-state index in [0.717, 1.165) is 17.2 Å². The van der Waals surface area contributed by atoms with Gasteiger partial charge in [0.25, 0.3) is 0 Å². The highest BCUT2D eigenvalue weighted by Gasteiger charge is 2.25. The Morgan fingerprint density at radius 2 is 2.25 bits per heavy atom. The smallest absolute Gasteiger partial charge is 0.142 e. The third kappa shape index (κ3) is 2.50. The minimum absolute atomic E-state index is 0.430. The Bertz CT molecular complexity index is 618. The zero-order valence-electron chi connectivity index (χ0n) is 12.4. The van der Waals surface area contributed by atoms with Crippen LogP contribution in [0.2, 0.25) is 0 Å². The van der Waals surface area contributed by atoms with Gasteiger partial charge in [0, 0.05) is 11.1 Å². The summed E-state index contributed by atoms with van der Waals surface area (Å²) in [5.41, 5.74) is 4.74. The normalized spacial score (nSPS) is 18.1. The molecule has 1 N–H and O–H groups in total. The molecule has 2 aromatic rings. The summed E-state index contributed by atoms with van der Waals surface area (Å²) in [5, 5.41) is 4.63. The van der Waals surface area contributed by atoms with E-state index in [0.29, 0.717) is 6.04 Å². The molecule has 0 amide bonds. The van der Waals surface area contributed by atoms with Crippen molar-refractivity contribution in [2.24, 2.45) is 0 Å². The summed E-state index contributed by atoms with van der Waals surface area (Å²) < 4.78 is 0. The summed E-state index contributed by atoms with van der Waals surface area (Å²) in [5.74, 6) is 0. The van der Waals surface area contributed by atoms with E-state index in [-0.39, 0.29) is 0 Å². The fourth-order valence-electron chi connectivity index (χ4n) is 2.90. The van der Waals surface area contributed by atoms with Gasteiger partial charge in [0.2, 0.25) is 0 Å². The third-order valence-electron chi connectivity index (χ3n) is 3.82. The number of hydrogen-bond donors (Lipinski definition) is 1. The minimum atomic E-state index is 0.430. The number of hydrogen-bond acceptors (Lipinski definition) is 4. The van der Waals surface area contributed by atoms with Crippen molar-refractivity contribution < 1.29 is 0 Å². The van der Waals surface area contributed by atoms with E-state index >= 15 is 0 Å². The number of nitrogens with one attached hydrogen (secondary N) is 1. The summed E-state index contributed by atoms with van der Waals surface area (Å²) >= 11 is 1.82. The molecule has 3 rings (SSSR count). The van der Waals surface area contributed by atoms with Gasteiger partial charge in [0.05, 0.1) is 11.7 Å². The zero-order chi connectivity index (χ0) is 14.1. The Kier molecular flexibility index (Phi) is 3.85. The number of thiazole rings is 1. The Labute approximate surface area is 124 Å². The van der Waals surface area contributed by atoms with Crippen molar-refractivity contribution >= 4 is 11.3 Å². The van der Waals surface area contributed by atoms with Crippen LogP contribution in [0.4, 0.5) is 0 Å². The second-order valence-corrected chi connectivity index (χ2v) is 6.59. The molecule has 0 fully saturated rings. The lowest BCUT2D eigenvalue weighted by atomic mass is 9.98. The molecule has 1 unspecified atom stereocenters. The number of pyridine rings is 1. The molecule has 0 saturated heterocycles.